The maximum atomic E-state index is 9.22. The number of hydrogen-bond donors (Lipinski definition) is 1. The number of rotatable bonds is 3. The Labute approximate surface area is 86.8 Å². The predicted octanol–water partition coefficient (Wildman–Crippen LogP) is 3.72. The second-order valence-corrected chi connectivity index (χ2v) is 4.58. The molecule has 0 saturated heterocycles. The SMILES string of the molecule is CCC(C)C(C)(C)c1ccc(O)cc1. The Balaban J connectivity index is 2.97. The summed E-state index contributed by atoms with van der Waals surface area (Å²) in [4.78, 5) is 0. The molecule has 1 heteroatoms. The van der Waals surface area contributed by atoms with Gasteiger partial charge in [-0.25, -0.2) is 0 Å². The number of phenols is 1. The van der Waals surface area contributed by atoms with E-state index in [1.165, 1.54) is 12.0 Å². The van der Waals surface area contributed by atoms with E-state index in [1.54, 1.807) is 12.1 Å². The highest BCUT2D eigenvalue weighted by atomic mass is 16.3. The normalized spacial score (nSPS) is 14.0. The summed E-state index contributed by atoms with van der Waals surface area (Å²) >= 11 is 0. The summed E-state index contributed by atoms with van der Waals surface area (Å²) < 4.78 is 0. The van der Waals surface area contributed by atoms with Crippen molar-refractivity contribution >= 4 is 0 Å². The molecule has 0 spiro atoms. The summed E-state index contributed by atoms with van der Waals surface area (Å²) in [6.45, 7) is 9.00. The Morgan fingerprint density at radius 2 is 1.71 bits per heavy atom. The molecule has 1 aromatic carbocycles. The Hall–Kier alpha value is -0.980. The predicted molar refractivity (Wildman–Crippen MR) is 60.6 cm³/mol. The molecule has 1 rings (SSSR count). The van der Waals surface area contributed by atoms with Gasteiger partial charge in [0.05, 0.1) is 0 Å². The highest BCUT2D eigenvalue weighted by Gasteiger charge is 2.26. The van der Waals surface area contributed by atoms with Crippen molar-refractivity contribution in [3.05, 3.63) is 29.8 Å². The number of benzene rings is 1. The van der Waals surface area contributed by atoms with Crippen LogP contribution in [0.25, 0.3) is 0 Å². The van der Waals surface area contributed by atoms with Crippen LogP contribution >= 0.6 is 0 Å². The lowest BCUT2D eigenvalue weighted by Crippen LogP contribution is -2.25. The minimum atomic E-state index is 0.183. The van der Waals surface area contributed by atoms with Crippen LogP contribution in [0.15, 0.2) is 24.3 Å². The van der Waals surface area contributed by atoms with E-state index in [0.29, 0.717) is 11.7 Å². The molecule has 0 aliphatic heterocycles. The molecule has 0 amide bonds. The molecular formula is C13H20O. The Morgan fingerprint density at radius 1 is 1.21 bits per heavy atom. The fourth-order valence-corrected chi connectivity index (χ4v) is 1.69. The second kappa shape index (κ2) is 4.04. The van der Waals surface area contributed by atoms with Gasteiger partial charge in [0.15, 0.2) is 0 Å². The van der Waals surface area contributed by atoms with Crippen molar-refractivity contribution in [2.75, 3.05) is 0 Å². The highest BCUT2D eigenvalue weighted by Crippen LogP contribution is 2.33. The van der Waals surface area contributed by atoms with Crippen molar-refractivity contribution in [3.63, 3.8) is 0 Å². The molecule has 0 aromatic heterocycles. The van der Waals surface area contributed by atoms with E-state index in [9.17, 15) is 5.11 Å². The molecule has 1 nitrogen and oxygen atoms in total. The molecule has 1 N–H and O–H groups in total. The second-order valence-electron chi connectivity index (χ2n) is 4.58. The monoisotopic (exact) mass is 192 g/mol. The van der Waals surface area contributed by atoms with Gasteiger partial charge in [0.1, 0.15) is 5.75 Å². The number of hydrogen-bond acceptors (Lipinski definition) is 1. The first kappa shape index (κ1) is 11.1. The first-order valence-corrected chi connectivity index (χ1v) is 5.28. The lowest BCUT2D eigenvalue weighted by Gasteiger charge is -2.31. The van der Waals surface area contributed by atoms with Crippen molar-refractivity contribution in [2.45, 2.75) is 39.5 Å². The maximum absolute atomic E-state index is 9.22. The molecule has 0 radical (unpaired) electrons. The van der Waals surface area contributed by atoms with Gasteiger partial charge < -0.3 is 5.11 Å². The Morgan fingerprint density at radius 3 is 2.14 bits per heavy atom. The van der Waals surface area contributed by atoms with Crippen LogP contribution in [-0.4, -0.2) is 5.11 Å². The van der Waals surface area contributed by atoms with Gasteiger partial charge in [-0.05, 0) is 29.0 Å². The van der Waals surface area contributed by atoms with E-state index in [4.69, 9.17) is 0 Å². The zero-order valence-corrected chi connectivity index (χ0v) is 9.54. The molecule has 1 atom stereocenters. The van der Waals surface area contributed by atoms with Gasteiger partial charge in [-0.1, -0.05) is 46.2 Å². The zero-order valence-electron chi connectivity index (χ0n) is 9.54. The lowest BCUT2D eigenvalue weighted by molar-refractivity contribution is 0.334. The van der Waals surface area contributed by atoms with Crippen LogP contribution in [0.1, 0.15) is 39.7 Å². The molecule has 0 saturated carbocycles. The highest BCUT2D eigenvalue weighted by molar-refractivity contribution is 5.31. The average Bonchev–Trinajstić information content (AvgIpc) is 2.17. The van der Waals surface area contributed by atoms with E-state index in [-0.39, 0.29) is 5.41 Å². The van der Waals surface area contributed by atoms with Crippen LogP contribution in [0.5, 0.6) is 5.75 Å². The maximum Gasteiger partial charge on any atom is 0.115 e. The number of aromatic hydroxyl groups is 1. The van der Waals surface area contributed by atoms with Gasteiger partial charge in [-0.3, -0.25) is 0 Å². The van der Waals surface area contributed by atoms with E-state index in [2.05, 4.69) is 27.7 Å². The van der Waals surface area contributed by atoms with E-state index < -0.39 is 0 Å². The van der Waals surface area contributed by atoms with Crippen molar-refractivity contribution in [2.24, 2.45) is 5.92 Å². The molecule has 1 unspecified atom stereocenters. The molecule has 0 heterocycles. The number of phenolic OH excluding ortho intramolecular Hbond substituents is 1. The van der Waals surface area contributed by atoms with Crippen molar-refractivity contribution in [3.8, 4) is 5.75 Å². The van der Waals surface area contributed by atoms with Crippen LogP contribution in [0.2, 0.25) is 0 Å². The van der Waals surface area contributed by atoms with E-state index in [1.807, 2.05) is 12.1 Å². The minimum Gasteiger partial charge on any atom is -0.508 e. The van der Waals surface area contributed by atoms with E-state index >= 15 is 0 Å². The zero-order chi connectivity index (χ0) is 10.8. The summed E-state index contributed by atoms with van der Waals surface area (Å²) in [6.07, 6.45) is 1.17. The summed E-state index contributed by atoms with van der Waals surface area (Å²) in [5.74, 6) is 0.987. The van der Waals surface area contributed by atoms with Gasteiger partial charge in [0, 0.05) is 0 Å². The van der Waals surface area contributed by atoms with Crippen LogP contribution in [0.3, 0.4) is 0 Å². The van der Waals surface area contributed by atoms with Gasteiger partial charge in [0.25, 0.3) is 0 Å². The van der Waals surface area contributed by atoms with Gasteiger partial charge in [-0.15, -0.1) is 0 Å². The molecule has 78 valence electrons. The smallest absolute Gasteiger partial charge is 0.115 e. The summed E-state index contributed by atoms with van der Waals surface area (Å²) in [7, 11) is 0. The Kier molecular flexibility index (Phi) is 3.20. The molecule has 0 aliphatic carbocycles. The summed E-state index contributed by atoms with van der Waals surface area (Å²) in [5.41, 5.74) is 1.48. The third-order valence-electron chi connectivity index (χ3n) is 3.46. The molecule has 1 aromatic rings. The largest absolute Gasteiger partial charge is 0.508 e. The molecule has 0 fully saturated rings. The molecular weight excluding hydrogens is 172 g/mol. The minimum absolute atomic E-state index is 0.183. The molecule has 0 bridgehead atoms. The van der Waals surface area contributed by atoms with Gasteiger partial charge >= 0.3 is 0 Å². The average molecular weight is 192 g/mol. The van der Waals surface area contributed by atoms with E-state index in [0.717, 1.165) is 0 Å². The van der Waals surface area contributed by atoms with Gasteiger partial charge in [-0.2, -0.15) is 0 Å². The quantitative estimate of drug-likeness (QED) is 0.774. The summed E-state index contributed by atoms with van der Waals surface area (Å²) in [6, 6.07) is 7.56. The van der Waals surface area contributed by atoms with Crippen LogP contribution in [-0.2, 0) is 5.41 Å². The standard InChI is InChI=1S/C13H20O/c1-5-10(2)13(3,4)11-6-8-12(14)9-7-11/h6-10,14H,5H2,1-4H3. The first-order valence-electron chi connectivity index (χ1n) is 5.28. The van der Waals surface area contributed by atoms with Crippen molar-refractivity contribution in [1.29, 1.82) is 0 Å². The summed E-state index contributed by atoms with van der Waals surface area (Å²) in [5, 5.41) is 9.22. The topological polar surface area (TPSA) is 20.2 Å². The fraction of sp³-hybridized carbons (Fsp3) is 0.538. The lowest BCUT2D eigenvalue weighted by atomic mass is 9.73. The van der Waals surface area contributed by atoms with Crippen LogP contribution < -0.4 is 0 Å². The van der Waals surface area contributed by atoms with Crippen LogP contribution in [0.4, 0.5) is 0 Å². The third-order valence-corrected chi connectivity index (χ3v) is 3.46. The van der Waals surface area contributed by atoms with Crippen molar-refractivity contribution in [1.82, 2.24) is 0 Å². The van der Waals surface area contributed by atoms with Crippen molar-refractivity contribution < 1.29 is 5.11 Å². The third kappa shape index (κ3) is 2.09. The van der Waals surface area contributed by atoms with Crippen LogP contribution in [0, 0.1) is 5.92 Å². The van der Waals surface area contributed by atoms with Gasteiger partial charge in [0.2, 0.25) is 0 Å². The molecule has 0 aliphatic rings. The first-order chi connectivity index (χ1) is 6.48. The fourth-order valence-electron chi connectivity index (χ4n) is 1.69. The molecule has 14 heavy (non-hydrogen) atoms. The Bertz CT molecular complexity index is 285.